The van der Waals surface area contributed by atoms with Crippen molar-refractivity contribution in [2.24, 2.45) is 17.3 Å². The molecular formula is C29H33N5O2. The van der Waals surface area contributed by atoms with Crippen LogP contribution in [0.2, 0.25) is 0 Å². The first-order valence-corrected chi connectivity index (χ1v) is 12.5. The highest BCUT2D eigenvalue weighted by Crippen LogP contribution is 2.50. The van der Waals surface area contributed by atoms with Crippen molar-refractivity contribution < 1.29 is 9.47 Å². The third kappa shape index (κ3) is 4.90. The molecule has 0 radical (unpaired) electrons. The summed E-state index contributed by atoms with van der Waals surface area (Å²) in [6, 6.07) is 20.5. The SMILES string of the molecule is C[C@H]1C=C[C@H](C)[C@](COCc2ccccc2)([C@@H](OCc2ccccc2)n2cnc3c(N)ncnc32)C1. The van der Waals surface area contributed by atoms with Gasteiger partial charge < -0.3 is 15.2 Å². The lowest BCUT2D eigenvalue weighted by atomic mass is 9.66. The van der Waals surface area contributed by atoms with Crippen molar-refractivity contribution in [2.45, 2.75) is 39.7 Å². The average molecular weight is 484 g/mol. The van der Waals surface area contributed by atoms with Crippen LogP contribution in [0.25, 0.3) is 11.2 Å². The molecule has 4 atom stereocenters. The molecule has 0 unspecified atom stereocenters. The first kappa shape index (κ1) is 24.2. The van der Waals surface area contributed by atoms with Crippen LogP contribution in [0.1, 0.15) is 37.6 Å². The minimum atomic E-state index is -0.379. The Hall–Kier alpha value is -3.55. The molecular weight excluding hydrogens is 450 g/mol. The standard InChI is InChI=1S/C29H33N5O2/c1-21-13-14-22(2)29(15-21,18-35-16-23-9-5-3-6-10-23)28(36-17-24-11-7-4-8-12-24)34-20-33-25-26(30)31-19-32-27(25)34/h3-14,19-22,28H,15-18H2,1-2H3,(H2,30,31,32)/t21-,22-,28+,29-/m0/s1. The zero-order valence-corrected chi connectivity index (χ0v) is 20.8. The number of imidazole rings is 1. The second-order valence-electron chi connectivity index (χ2n) is 9.80. The van der Waals surface area contributed by atoms with Crippen molar-refractivity contribution in [1.82, 2.24) is 19.5 Å². The van der Waals surface area contributed by atoms with Crippen molar-refractivity contribution >= 4 is 17.0 Å². The van der Waals surface area contributed by atoms with Gasteiger partial charge in [-0.25, -0.2) is 15.0 Å². The smallest absolute Gasteiger partial charge is 0.167 e. The van der Waals surface area contributed by atoms with Crippen LogP contribution >= 0.6 is 0 Å². The zero-order valence-electron chi connectivity index (χ0n) is 20.8. The minimum Gasteiger partial charge on any atom is -0.382 e. The van der Waals surface area contributed by atoms with Crippen LogP contribution < -0.4 is 5.73 Å². The van der Waals surface area contributed by atoms with Crippen LogP contribution in [0.15, 0.2) is 85.5 Å². The predicted molar refractivity (Wildman–Crippen MR) is 141 cm³/mol. The lowest BCUT2D eigenvalue weighted by Gasteiger charge is -2.47. The number of nitrogens with two attached hydrogens (primary N) is 1. The highest BCUT2D eigenvalue weighted by molar-refractivity contribution is 5.81. The van der Waals surface area contributed by atoms with Gasteiger partial charge in [0.15, 0.2) is 11.5 Å². The molecule has 1 aliphatic rings. The molecule has 2 aromatic carbocycles. The third-order valence-electron chi connectivity index (χ3n) is 7.20. The van der Waals surface area contributed by atoms with Crippen LogP contribution in [0, 0.1) is 17.3 Å². The van der Waals surface area contributed by atoms with E-state index in [0.29, 0.717) is 42.7 Å². The Morgan fingerprint density at radius 2 is 1.64 bits per heavy atom. The average Bonchev–Trinajstić information content (AvgIpc) is 3.33. The van der Waals surface area contributed by atoms with Gasteiger partial charge in [0.05, 0.1) is 26.1 Å². The Bertz CT molecular complexity index is 1310. The molecule has 7 heteroatoms. The lowest BCUT2D eigenvalue weighted by Crippen LogP contribution is -2.45. The molecule has 0 amide bonds. The summed E-state index contributed by atoms with van der Waals surface area (Å²) in [7, 11) is 0. The van der Waals surface area contributed by atoms with Gasteiger partial charge in [0.2, 0.25) is 0 Å². The second kappa shape index (κ2) is 10.6. The zero-order chi connectivity index (χ0) is 25.0. The van der Waals surface area contributed by atoms with E-state index in [2.05, 4.69) is 65.2 Å². The number of nitrogens with zero attached hydrogens (tertiary/aromatic N) is 4. The van der Waals surface area contributed by atoms with E-state index in [1.807, 2.05) is 41.0 Å². The number of hydrogen-bond acceptors (Lipinski definition) is 6. The molecule has 186 valence electrons. The number of anilines is 1. The van der Waals surface area contributed by atoms with E-state index >= 15 is 0 Å². The minimum absolute atomic E-state index is 0.196. The molecule has 2 aromatic heterocycles. The quantitative estimate of drug-likeness (QED) is 0.314. The van der Waals surface area contributed by atoms with Gasteiger partial charge in [0.25, 0.3) is 0 Å². The Balaban J connectivity index is 1.54. The number of fused-ring (bicyclic) bond motifs is 1. The van der Waals surface area contributed by atoms with Crippen molar-refractivity contribution in [3.05, 3.63) is 96.6 Å². The molecule has 0 spiro atoms. The third-order valence-corrected chi connectivity index (χ3v) is 7.20. The van der Waals surface area contributed by atoms with Gasteiger partial charge in [-0.3, -0.25) is 4.57 Å². The van der Waals surface area contributed by atoms with Crippen LogP contribution in [0.3, 0.4) is 0 Å². The molecule has 0 saturated carbocycles. The molecule has 0 fully saturated rings. The number of allylic oxidation sites excluding steroid dienone is 2. The fraction of sp³-hybridized carbons (Fsp3) is 0.345. The summed E-state index contributed by atoms with van der Waals surface area (Å²) in [6.45, 7) is 6.01. The summed E-state index contributed by atoms with van der Waals surface area (Å²) in [6.07, 6.45) is 8.37. The molecule has 5 rings (SSSR count). The van der Waals surface area contributed by atoms with Crippen molar-refractivity contribution in [1.29, 1.82) is 0 Å². The number of aromatic nitrogens is 4. The van der Waals surface area contributed by atoms with Crippen molar-refractivity contribution in [3.8, 4) is 0 Å². The summed E-state index contributed by atoms with van der Waals surface area (Å²) in [5.41, 5.74) is 9.28. The molecule has 0 saturated heterocycles. The molecule has 0 aliphatic heterocycles. The largest absolute Gasteiger partial charge is 0.382 e. The molecule has 2 heterocycles. The van der Waals surface area contributed by atoms with Gasteiger partial charge >= 0.3 is 0 Å². The van der Waals surface area contributed by atoms with Crippen molar-refractivity contribution in [2.75, 3.05) is 12.3 Å². The Morgan fingerprint density at radius 1 is 0.944 bits per heavy atom. The second-order valence-corrected chi connectivity index (χ2v) is 9.80. The maximum Gasteiger partial charge on any atom is 0.167 e. The maximum absolute atomic E-state index is 6.79. The number of ether oxygens (including phenoxy) is 2. The Kier molecular flexibility index (Phi) is 7.11. The van der Waals surface area contributed by atoms with Crippen LogP contribution in [-0.2, 0) is 22.7 Å². The summed E-state index contributed by atoms with van der Waals surface area (Å²) < 4.78 is 15.3. The van der Waals surface area contributed by atoms with Gasteiger partial charge in [-0.1, -0.05) is 86.7 Å². The van der Waals surface area contributed by atoms with E-state index in [-0.39, 0.29) is 17.6 Å². The maximum atomic E-state index is 6.79. The van der Waals surface area contributed by atoms with Crippen LogP contribution in [-0.4, -0.2) is 26.1 Å². The molecule has 2 N–H and O–H groups in total. The van der Waals surface area contributed by atoms with E-state index in [1.165, 1.54) is 6.33 Å². The van der Waals surface area contributed by atoms with Gasteiger partial charge in [0.1, 0.15) is 18.1 Å². The first-order valence-electron chi connectivity index (χ1n) is 12.5. The molecule has 36 heavy (non-hydrogen) atoms. The summed E-state index contributed by atoms with van der Waals surface area (Å²) >= 11 is 0. The normalized spacial score (nSPS) is 22.6. The van der Waals surface area contributed by atoms with E-state index in [0.717, 1.165) is 17.5 Å². The number of hydrogen-bond donors (Lipinski definition) is 1. The molecule has 0 bridgehead atoms. The monoisotopic (exact) mass is 483 g/mol. The lowest BCUT2D eigenvalue weighted by molar-refractivity contribution is -0.155. The highest BCUT2D eigenvalue weighted by atomic mass is 16.5. The topological polar surface area (TPSA) is 88.1 Å². The highest BCUT2D eigenvalue weighted by Gasteiger charge is 2.48. The Morgan fingerprint density at radius 3 is 2.36 bits per heavy atom. The molecule has 1 aliphatic carbocycles. The number of benzene rings is 2. The van der Waals surface area contributed by atoms with Crippen LogP contribution in [0.5, 0.6) is 0 Å². The predicted octanol–water partition coefficient (Wildman–Crippen LogP) is 5.56. The van der Waals surface area contributed by atoms with E-state index in [1.54, 1.807) is 6.33 Å². The van der Waals surface area contributed by atoms with Gasteiger partial charge in [0, 0.05) is 5.41 Å². The molecule has 4 aromatic rings. The van der Waals surface area contributed by atoms with Gasteiger partial charge in [-0.05, 0) is 29.4 Å². The summed E-state index contributed by atoms with van der Waals surface area (Å²) in [4.78, 5) is 13.2. The van der Waals surface area contributed by atoms with E-state index < -0.39 is 0 Å². The number of nitrogen functional groups attached to an aromatic ring is 1. The fourth-order valence-corrected chi connectivity index (χ4v) is 5.24. The van der Waals surface area contributed by atoms with E-state index in [4.69, 9.17) is 15.2 Å². The van der Waals surface area contributed by atoms with E-state index in [9.17, 15) is 0 Å². The van der Waals surface area contributed by atoms with Gasteiger partial charge in [-0.2, -0.15) is 0 Å². The fourth-order valence-electron chi connectivity index (χ4n) is 5.24. The number of rotatable bonds is 9. The first-order chi connectivity index (χ1) is 17.6. The summed E-state index contributed by atoms with van der Waals surface area (Å²) in [5.74, 6) is 0.931. The van der Waals surface area contributed by atoms with Gasteiger partial charge in [-0.15, -0.1) is 0 Å². The Labute approximate surface area is 212 Å². The van der Waals surface area contributed by atoms with Crippen LogP contribution in [0.4, 0.5) is 5.82 Å². The molecule has 7 nitrogen and oxygen atoms in total. The summed E-state index contributed by atoms with van der Waals surface area (Å²) in [5, 5.41) is 0. The van der Waals surface area contributed by atoms with Crippen molar-refractivity contribution in [3.63, 3.8) is 0 Å².